The van der Waals surface area contributed by atoms with Crippen LogP contribution in [0.25, 0.3) is 0 Å². The molecule has 4 nitrogen and oxygen atoms in total. The zero-order chi connectivity index (χ0) is 21.6. The highest BCUT2D eigenvalue weighted by atomic mass is 35.5. The average Bonchev–Trinajstić information content (AvgIpc) is 2.79. The first kappa shape index (κ1) is 21.3. The molecule has 0 heterocycles. The van der Waals surface area contributed by atoms with Gasteiger partial charge in [0.2, 0.25) is 0 Å². The Morgan fingerprint density at radius 1 is 0.968 bits per heavy atom. The summed E-state index contributed by atoms with van der Waals surface area (Å²) in [5.74, 6) is 1.69. The van der Waals surface area contributed by atoms with Crippen molar-refractivity contribution in [2.24, 2.45) is 0 Å². The average molecular weight is 436 g/mol. The van der Waals surface area contributed by atoms with E-state index in [0.717, 1.165) is 18.6 Å². The van der Waals surface area contributed by atoms with Gasteiger partial charge in [0.1, 0.15) is 11.5 Å². The lowest BCUT2D eigenvalue weighted by atomic mass is 9.92. The van der Waals surface area contributed by atoms with Crippen LogP contribution in [0.1, 0.15) is 37.3 Å². The summed E-state index contributed by atoms with van der Waals surface area (Å²) in [6.07, 6.45) is 4.54. The van der Waals surface area contributed by atoms with Crippen LogP contribution in [0.15, 0.2) is 66.7 Å². The van der Waals surface area contributed by atoms with Gasteiger partial charge in [-0.2, -0.15) is 0 Å². The molecule has 160 valence electrons. The SMILES string of the molecule is CC[C@@H](Oc1ccc2c(c1)CCCC2)C(=O)Nc1cc(Cl)ccc1Oc1ccccc1. The summed E-state index contributed by atoms with van der Waals surface area (Å²) < 4.78 is 12.0. The van der Waals surface area contributed by atoms with Crippen molar-refractivity contribution in [1.82, 2.24) is 0 Å². The molecule has 1 aliphatic carbocycles. The molecule has 31 heavy (non-hydrogen) atoms. The highest BCUT2D eigenvalue weighted by Gasteiger charge is 2.21. The minimum atomic E-state index is -0.620. The number of hydrogen-bond donors (Lipinski definition) is 1. The van der Waals surface area contributed by atoms with Crippen LogP contribution in [0.3, 0.4) is 0 Å². The van der Waals surface area contributed by atoms with Crippen molar-refractivity contribution in [3.63, 3.8) is 0 Å². The second-order valence-corrected chi connectivity index (χ2v) is 8.13. The molecule has 0 fully saturated rings. The number of carbonyl (C=O) groups is 1. The third kappa shape index (κ3) is 5.39. The van der Waals surface area contributed by atoms with Crippen molar-refractivity contribution in [3.8, 4) is 17.2 Å². The van der Waals surface area contributed by atoms with Gasteiger partial charge in [-0.1, -0.05) is 42.8 Å². The second kappa shape index (κ2) is 9.88. The number of rotatable bonds is 7. The van der Waals surface area contributed by atoms with E-state index in [9.17, 15) is 4.79 Å². The Morgan fingerprint density at radius 3 is 2.52 bits per heavy atom. The van der Waals surface area contributed by atoms with Gasteiger partial charge in [0.15, 0.2) is 11.9 Å². The molecule has 0 unspecified atom stereocenters. The second-order valence-electron chi connectivity index (χ2n) is 7.70. The number of nitrogens with one attached hydrogen (secondary N) is 1. The number of ether oxygens (including phenoxy) is 2. The Morgan fingerprint density at radius 2 is 1.74 bits per heavy atom. The molecule has 0 aliphatic heterocycles. The van der Waals surface area contributed by atoms with Crippen LogP contribution in [-0.4, -0.2) is 12.0 Å². The minimum Gasteiger partial charge on any atom is -0.481 e. The van der Waals surface area contributed by atoms with Gasteiger partial charge in [-0.3, -0.25) is 4.79 Å². The van der Waals surface area contributed by atoms with Crippen LogP contribution in [0.5, 0.6) is 17.2 Å². The summed E-state index contributed by atoms with van der Waals surface area (Å²) in [5.41, 5.74) is 3.22. The fraction of sp³-hybridized carbons (Fsp3) is 0.269. The lowest BCUT2D eigenvalue weighted by Crippen LogP contribution is -2.32. The zero-order valence-electron chi connectivity index (χ0n) is 17.6. The Hall–Kier alpha value is -2.98. The number of carbonyl (C=O) groups excluding carboxylic acids is 1. The highest BCUT2D eigenvalue weighted by Crippen LogP contribution is 2.32. The van der Waals surface area contributed by atoms with E-state index in [1.807, 2.05) is 43.3 Å². The Kier molecular flexibility index (Phi) is 6.78. The first-order valence-corrected chi connectivity index (χ1v) is 11.1. The van der Waals surface area contributed by atoms with Gasteiger partial charge in [-0.05, 0) is 85.7 Å². The molecule has 1 aliphatic rings. The summed E-state index contributed by atoms with van der Waals surface area (Å²) in [7, 11) is 0. The molecule has 3 aromatic rings. The standard InChI is InChI=1S/C26H26ClNO3/c1-2-24(31-22-14-12-18-8-6-7-9-19(18)16-22)26(29)28-23-17-20(27)13-15-25(23)30-21-10-4-3-5-11-21/h3-5,10-17,24H,2,6-9H2,1H3,(H,28,29)/t24-/m1/s1. The first-order valence-electron chi connectivity index (χ1n) is 10.7. The molecule has 0 aromatic heterocycles. The number of anilines is 1. The lowest BCUT2D eigenvalue weighted by Gasteiger charge is -2.21. The Labute approximate surface area is 188 Å². The number of benzene rings is 3. The summed E-state index contributed by atoms with van der Waals surface area (Å²) in [5, 5.41) is 3.45. The van der Waals surface area contributed by atoms with E-state index < -0.39 is 6.10 Å². The topological polar surface area (TPSA) is 47.6 Å². The van der Waals surface area contributed by atoms with Gasteiger partial charge in [-0.25, -0.2) is 0 Å². The maximum absolute atomic E-state index is 13.0. The summed E-state index contributed by atoms with van der Waals surface area (Å²) >= 11 is 6.18. The number of para-hydroxylation sites is 1. The van der Waals surface area contributed by atoms with E-state index >= 15 is 0 Å². The number of amides is 1. The largest absolute Gasteiger partial charge is 0.481 e. The lowest BCUT2D eigenvalue weighted by molar-refractivity contribution is -0.122. The molecule has 4 rings (SSSR count). The molecule has 0 bridgehead atoms. The first-order chi connectivity index (χ1) is 15.1. The van der Waals surface area contributed by atoms with Crippen molar-refractivity contribution >= 4 is 23.2 Å². The molecule has 3 aromatic carbocycles. The van der Waals surface area contributed by atoms with Crippen LogP contribution < -0.4 is 14.8 Å². The zero-order valence-corrected chi connectivity index (χ0v) is 18.3. The van der Waals surface area contributed by atoms with Crippen LogP contribution in [-0.2, 0) is 17.6 Å². The van der Waals surface area contributed by atoms with Crippen molar-refractivity contribution in [3.05, 3.63) is 82.9 Å². The monoisotopic (exact) mass is 435 g/mol. The molecule has 1 atom stereocenters. The van der Waals surface area contributed by atoms with Gasteiger partial charge in [0.25, 0.3) is 5.91 Å². The van der Waals surface area contributed by atoms with Crippen molar-refractivity contribution in [1.29, 1.82) is 0 Å². The van der Waals surface area contributed by atoms with Gasteiger partial charge in [0, 0.05) is 5.02 Å². The molecule has 0 saturated carbocycles. The van der Waals surface area contributed by atoms with E-state index in [0.29, 0.717) is 28.6 Å². The van der Waals surface area contributed by atoms with Crippen LogP contribution in [0.2, 0.25) is 5.02 Å². The molecule has 0 spiro atoms. The number of hydrogen-bond acceptors (Lipinski definition) is 3. The summed E-state index contributed by atoms with van der Waals surface area (Å²) in [4.78, 5) is 13.0. The molecule has 1 amide bonds. The van der Waals surface area contributed by atoms with Gasteiger partial charge < -0.3 is 14.8 Å². The van der Waals surface area contributed by atoms with Gasteiger partial charge in [0.05, 0.1) is 5.69 Å². The van der Waals surface area contributed by atoms with Crippen molar-refractivity contribution in [2.45, 2.75) is 45.1 Å². The number of aryl methyl sites for hydroxylation is 2. The molecule has 0 saturated heterocycles. The number of fused-ring (bicyclic) bond motifs is 1. The predicted octanol–water partition coefficient (Wildman–Crippen LogP) is 6.81. The van der Waals surface area contributed by atoms with E-state index in [2.05, 4.69) is 17.4 Å². The minimum absolute atomic E-state index is 0.236. The third-order valence-electron chi connectivity index (χ3n) is 5.43. The molecule has 0 radical (unpaired) electrons. The van der Waals surface area contributed by atoms with E-state index in [-0.39, 0.29) is 5.91 Å². The van der Waals surface area contributed by atoms with Crippen LogP contribution in [0.4, 0.5) is 5.69 Å². The molecule has 1 N–H and O–H groups in total. The van der Waals surface area contributed by atoms with Crippen LogP contribution >= 0.6 is 11.6 Å². The Bertz CT molecular complexity index is 1050. The maximum atomic E-state index is 13.0. The van der Waals surface area contributed by atoms with E-state index in [4.69, 9.17) is 21.1 Å². The van der Waals surface area contributed by atoms with E-state index in [1.165, 1.54) is 24.0 Å². The van der Waals surface area contributed by atoms with Crippen LogP contribution in [0, 0.1) is 0 Å². The summed E-state index contributed by atoms with van der Waals surface area (Å²) in [6.45, 7) is 1.93. The fourth-order valence-corrected chi connectivity index (χ4v) is 3.96. The quantitative estimate of drug-likeness (QED) is 0.443. The molecule has 5 heteroatoms. The maximum Gasteiger partial charge on any atom is 0.265 e. The third-order valence-corrected chi connectivity index (χ3v) is 5.67. The molecular weight excluding hydrogens is 410 g/mol. The smallest absolute Gasteiger partial charge is 0.265 e. The molecular formula is C26H26ClNO3. The van der Waals surface area contributed by atoms with Crippen molar-refractivity contribution in [2.75, 3.05) is 5.32 Å². The van der Waals surface area contributed by atoms with Gasteiger partial charge >= 0.3 is 0 Å². The van der Waals surface area contributed by atoms with Crippen molar-refractivity contribution < 1.29 is 14.3 Å². The normalized spacial score (nSPS) is 13.7. The predicted molar refractivity (Wildman–Crippen MR) is 124 cm³/mol. The fourth-order valence-electron chi connectivity index (χ4n) is 3.79. The highest BCUT2D eigenvalue weighted by molar-refractivity contribution is 6.31. The van der Waals surface area contributed by atoms with E-state index in [1.54, 1.807) is 18.2 Å². The Balaban J connectivity index is 1.49. The van der Waals surface area contributed by atoms with Gasteiger partial charge in [-0.15, -0.1) is 0 Å². The number of halogens is 1. The summed E-state index contributed by atoms with van der Waals surface area (Å²) in [6, 6.07) is 20.7.